The molecule has 0 amide bonds. The van der Waals surface area contributed by atoms with Gasteiger partial charge in [0.25, 0.3) is 0 Å². The SMILES string of the molecule is COc1ccc2c(c1)C(O)(CCC(=O)O)CCC2. The van der Waals surface area contributed by atoms with Gasteiger partial charge in [0.05, 0.1) is 12.7 Å². The fourth-order valence-electron chi connectivity index (χ4n) is 2.61. The Hall–Kier alpha value is -1.55. The number of carboxylic acids is 1. The van der Waals surface area contributed by atoms with Gasteiger partial charge in [0.15, 0.2) is 0 Å². The zero-order valence-electron chi connectivity index (χ0n) is 10.5. The Morgan fingerprint density at radius 3 is 2.94 bits per heavy atom. The Balaban J connectivity index is 2.32. The van der Waals surface area contributed by atoms with Gasteiger partial charge in [0.1, 0.15) is 5.75 Å². The van der Waals surface area contributed by atoms with E-state index in [4.69, 9.17) is 9.84 Å². The first-order valence-corrected chi connectivity index (χ1v) is 6.17. The first-order chi connectivity index (χ1) is 8.55. The lowest BCUT2D eigenvalue weighted by Gasteiger charge is -2.34. The maximum atomic E-state index is 10.7. The highest BCUT2D eigenvalue weighted by atomic mass is 16.5. The van der Waals surface area contributed by atoms with Crippen molar-refractivity contribution in [3.8, 4) is 5.75 Å². The van der Waals surface area contributed by atoms with E-state index in [2.05, 4.69) is 0 Å². The monoisotopic (exact) mass is 250 g/mol. The summed E-state index contributed by atoms with van der Waals surface area (Å²) >= 11 is 0. The van der Waals surface area contributed by atoms with Crippen molar-refractivity contribution >= 4 is 5.97 Å². The molecule has 1 atom stereocenters. The van der Waals surface area contributed by atoms with Crippen LogP contribution in [-0.2, 0) is 16.8 Å². The molecule has 2 rings (SSSR count). The average molecular weight is 250 g/mol. The maximum Gasteiger partial charge on any atom is 0.303 e. The fraction of sp³-hybridized carbons (Fsp3) is 0.500. The summed E-state index contributed by atoms with van der Waals surface area (Å²) in [6.07, 6.45) is 2.65. The number of carbonyl (C=O) groups is 1. The standard InChI is InChI=1S/C14H18O4/c1-18-11-5-4-10-3-2-7-14(17,12(10)9-11)8-6-13(15)16/h4-5,9,17H,2-3,6-8H2,1H3,(H,15,16). The van der Waals surface area contributed by atoms with Gasteiger partial charge in [-0.1, -0.05) is 6.07 Å². The van der Waals surface area contributed by atoms with Gasteiger partial charge in [-0.05, 0) is 48.9 Å². The molecule has 0 saturated heterocycles. The minimum absolute atomic E-state index is 0.0207. The zero-order chi connectivity index (χ0) is 13.2. The third kappa shape index (κ3) is 2.48. The Labute approximate surface area is 106 Å². The van der Waals surface area contributed by atoms with Crippen LogP contribution in [0.25, 0.3) is 0 Å². The van der Waals surface area contributed by atoms with Gasteiger partial charge in [-0.15, -0.1) is 0 Å². The van der Waals surface area contributed by atoms with E-state index < -0.39 is 11.6 Å². The predicted molar refractivity (Wildman–Crippen MR) is 66.7 cm³/mol. The topological polar surface area (TPSA) is 66.8 Å². The van der Waals surface area contributed by atoms with Crippen LogP contribution in [0.3, 0.4) is 0 Å². The normalized spacial score (nSPS) is 22.3. The van der Waals surface area contributed by atoms with Crippen molar-refractivity contribution in [1.82, 2.24) is 0 Å². The molecule has 1 aliphatic carbocycles. The van der Waals surface area contributed by atoms with E-state index in [1.165, 1.54) is 0 Å². The number of methoxy groups -OCH3 is 1. The van der Waals surface area contributed by atoms with Crippen molar-refractivity contribution < 1.29 is 19.7 Å². The highest BCUT2D eigenvalue weighted by molar-refractivity contribution is 5.66. The van der Waals surface area contributed by atoms with E-state index in [-0.39, 0.29) is 12.8 Å². The quantitative estimate of drug-likeness (QED) is 0.858. The summed E-state index contributed by atoms with van der Waals surface area (Å²) in [5.74, 6) is -0.178. The van der Waals surface area contributed by atoms with Crippen molar-refractivity contribution in [2.24, 2.45) is 0 Å². The second-order valence-electron chi connectivity index (χ2n) is 4.80. The van der Waals surface area contributed by atoms with Gasteiger partial charge >= 0.3 is 5.97 Å². The second kappa shape index (κ2) is 4.98. The molecule has 98 valence electrons. The molecule has 0 aromatic heterocycles. The number of ether oxygens (including phenoxy) is 1. The van der Waals surface area contributed by atoms with Gasteiger partial charge < -0.3 is 14.9 Å². The van der Waals surface area contributed by atoms with Crippen molar-refractivity contribution in [1.29, 1.82) is 0 Å². The summed E-state index contributed by atoms with van der Waals surface area (Å²) in [5, 5.41) is 19.4. The summed E-state index contributed by atoms with van der Waals surface area (Å²) in [6.45, 7) is 0. The Bertz CT molecular complexity index is 455. The molecule has 0 saturated carbocycles. The number of rotatable bonds is 4. The van der Waals surface area contributed by atoms with Gasteiger partial charge in [-0.3, -0.25) is 4.79 Å². The van der Waals surface area contributed by atoms with Crippen LogP contribution in [0.15, 0.2) is 18.2 Å². The van der Waals surface area contributed by atoms with E-state index >= 15 is 0 Å². The summed E-state index contributed by atoms with van der Waals surface area (Å²) in [4.78, 5) is 10.7. The van der Waals surface area contributed by atoms with E-state index in [1.54, 1.807) is 7.11 Å². The smallest absolute Gasteiger partial charge is 0.303 e. The minimum atomic E-state index is -1.03. The van der Waals surface area contributed by atoms with Gasteiger partial charge in [-0.2, -0.15) is 0 Å². The van der Waals surface area contributed by atoms with Crippen LogP contribution in [0.2, 0.25) is 0 Å². The number of aliphatic hydroxyl groups is 1. The van der Waals surface area contributed by atoms with Crippen molar-refractivity contribution in [2.75, 3.05) is 7.11 Å². The molecule has 0 heterocycles. The third-order valence-corrected chi connectivity index (χ3v) is 3.61. The van der Waals surface area contributed by atoms with Crippen LogP contribution in [0.5, 0.6) is 5.75 Å². The highest BCUT2D eigenvalue weighted by Gasteiger charge is 2.34. The Kier molecular flexibility index (Phi) is 3.57. The van der Waals surface area contributed by atoms with Crippen molar-refractivity contribution in [2.45, 2.75) is 37.7 Å². The number of benzene rings is 1. The first-order valence-electron chi connectivity index (χ1n) is 6.17. The summed E-state index contributed by atoms with van der Waals surface area (Å²) < 4.78 is 5.17. The number of carboxylic acid groups (broad SMARTS) is 1. The Morgan fingerprint density at radius 2 is 2.28 bits per heavy atom. The lowest BCUT2D eigenvalue weighted by atomic mass is 9.76. The molecule has 1 aliphatic rings. The number of fused-ring (bicyclic) bond motifs is 1. The van der Waals surface area contributed by atoms with Crippen molar-refractivity contribution in [3.63, 3.8) is 0 Å². The minimum Gasteiger partial charge on any atom is -0.497 e. The second-order valence-corrected chi connectivity index (χ2v) is 4.80. The molecule has 0 fully saturated rings. The molecule has 0 bridgehead atoms. The molecule has 1 aromatic carbocycles. The van der Waals surface area contributed by atoms with Crippen LogP contribution in [0.1, 0.15) is 36.8 Å². The maximum absolute atomic E-state index is 10.7. The van der Waals surface area contributed by atoms with Gasteiger partial charge in [-0.25, -0.2) is 0 Å². The van der Waals surface area contributed by atoms with Gasteiger partial charge in [0, 0.05) is 6.42 Å². The molecule has 0 aliphatic heterocycles. The molecule has 0 spiro atoms. The van der Waals surface area contributed by atoms with Gasteiger partial charge in [0.2, 0.25) is 0 Å². The first kappa shape index (κ1) is 12.9. The summed E-state index contributed by atoms with van der Waals surface area (Å²) in [6, 6.07) is 5.66. The highest BCUT2D eigenvalue weighted by Crippen LogP contribution is 2.40. The molecule has 4 heteroatoms. The molecule has 1 unspecified atom stereocenters. The largest absolute Gasteiger partial charge is 0.497 e. The molecule has 0 radical (unpaired) electrons. The van der Waals surface area contributed by atoms with Crippen LogP contribution in [0.4, 0.5) is 0 Å². The van der Waals surface area contributed by atoms with Crippen LogP contribution in [0, 0.1) is 0 Å². The molecule has 2 N–H and O–H groups in total. The van der Waals surface area contributed by atoms with E-state index in [1.807, 2.05) is 18.2 Å². The summed E-state index contributed by atoms with van der Waals surface area (Å²) in [7, 11) is 1.58. The lowest BCUT2D eigenvalue weighted by Crippen LogP contribution is -2.31. The van der Waals surface area contributed by atoms with Crippen LogP contribution < -0.4 is 4.74 Å². The van der Waals surface area contributed by atoms with Crippen molar-refractivity contribution in [3.05, 3.63) is 29.3 Å². The van der Waals surface area contributed by atoms with Crippen LogP contribution in [-0.4, -0.2) is 23.3 Å². The van der Waals surface area contributed by atoms with E-state index in [9.17, 15) is 9.90 Å². The predicted octanol–water partition coefficient (Wildman–Crippen LogP) is 2.08. The number of hydrogen-bond acceptors (Lipinski definition) is 3. The zero-order valence-corrected chi connectivity index (χ0v) is 10.5. The number of hydrogen-bond donors (Lipinski definition) is 2. The average Bonchev–Trinajstić information content (AvgIpc) is 2.37. The molecule has 18 heavy (non-hydrogen) atoms. The number of aliphatic carboxylic acids is 1. The lowest BCUT2D eigenvalue weighted by molar-refractivity contribution is -0.138. The molecular weight excluding hydrogens is 232 g/mol. The molecule has 1 aromatic rings. The summed E-state index contributed by atoms with van der Waals surface area (Å²) in [5.41, 5.74) is 0.893. The van der Waals surface area contributed by atoms with Crippen LogP contribution >= 0.6 is 0 Å². The van der Waals surface area contributed by atoms with E-state index in [0.717, 1.165) is 24.0 Å². The van der Waals surface area contributed by atoms with E-state index in [0.29, 0.717) is 12.2 Å². The Morgan fingerprint density at radius 1 is 1.50 bits per heavy atom. The molecular formula is C14H18O4. The fourth-order valence-corrected chi connectivity index (χ4v) is 2.61. The third-order valence-electron chi connectivity index (χ3n) is 3.61. The number of aryl methyl sites for hydroxylation is 1. The molecule has 4 nitrogen and oxygen atoms in total.